The lowest BCUT2D eigenvalue weighted by molar-refractivity contribution is 0.672. The van der Waals surface area contributed by atoms with Crippen LogP contribution in [0.1, 0.15) is 0 Å². The van der Waals surface area contributed by atoms with Crippen LogP contribution in [0.15, 0.2) is 464 Å². The van der Waals surface area contributed by atoms with Crippen LogP contribution in [-0.4, -0.2) is 22.8 Å². The van der Waals surface area contributed by atoms with E-state index in [0.29, 0.717) is 0 Å². The molecule has 0 spiro atoms. The first kappa shape index (κ1) is 76.0. The van der Waals surface area contributed by atoms with E-state index in [2.05, 4.69) is 478 Å². The van der Waals surface area contributed by atoms with Crippen LogP contribution in [0.4, 0.5) is 0 Å². The minimum absolute atomic E-state index is 0.907. The lowest BCUT2D eigenvalue weighted by Gasteiger charge is -2.13. The average Bonchev–Trinajstić information content (AvgIpc) is 1.53. The van der Waals surface area contributed by atoms with Gasteiger partial charge >= 0.3 is 0 Å². The maximum Gasteiger partial charge on any atom is 0.144 e. The molecule has 0 bridgehead atoms. The van der Waals surface area contributed by atoms with Crippen LogP contribution in [0.3, 0.4) is 0 Å². The fraction of sp³-hybridized carbons (Fsp3) is 0. The molecule has 0 atom stereocenters. The van der Waals surface area contributed by atoms with E-state index in [1.54, 1.807) is 0 Å². The highest BCUT2D eigenvalue weighted by atomic mass is 32.1. The van der Waals surface area contributed by atoms with E-state index < -0.39 is 0 Å². The summed E-state index contributed by atoms with van der Waals surface area (Å²) in [4.78, 5) is 0. The summed E-state index contributed by atoms with van der Waals surface area (Å²) in [5, 5.41) is 34.8. The minimum atomic E-state index is 0.907. The van der Waals surface area contributed by atoms with Crippen LogP contribution in [0.5, 0.6) is 0 Å². The summed E-state index contributed by atoms with van der Waals surface area (Å²) in [6, 6.07) is 165. The molecule has 0 aliphatic heterocycles. The molecule has 9 heteroatoms. The first-order valence-corrected chi connectivity index (χ1v) is 48.5. The predicted molar refractivity (Wildman–Crippen MR) is 584 cm³/mol. The first-order chi connectivity index (χ1) is 68.0. The van der Waals surface area contributed by atoms with Crippen molar-refractivity contribution in [3.8, 4) is 39.6 Å². The Hall–Kier alpha value is -17.6. The highest BCUT2D eigenvalue weighted by Gasteiger charge is 2.29. The SMILES string of the molecule is c1ccc(-n2c3ccccc3c3c4c5ccccc5n(-c5ccc6oc7c8ccccc8ccc7c6c5)c4ccc32)cc1.c1ccc(-n2c3ccccc3c3cc4c(cc32)c2ccccc2n4-c2cccc(-c3cc4sc5ccccc5c4c4ccccc34)c2)cc1.c1ccc2c(c1)ccc1c2oc2c3ccccc3c3c(c4ccccc4n3-c3cccc4c3sc3ccc5ccccc5c34)c12. The van der Waals surface area contributed by atoms with Gasteiger partial charge in [-0.1, -0.05) is 309 Å². The first-order valence-electron chi connectivity index (χ1n) is 46.8. The molecule has 32 rings (SSSR count). The molecule has 32 aromatic rings. The van der Waals surface area contributed by atoms with Crippen molar-refractivity contribution in [2.24, 2.45) is 0 Å². The van der Waals surface area contributed by atoms with Crippen LogP contribution >= 0.6 is 22.7 Å². The van der Waals surface area contributed by atoms with Crippen LogP contribution < -0.4 is 0 Å². The molecule has 0 aliphatic carbocycles. The van der Waals surface area contributed by atoms with Gasteiger partial charge < -0.3 is 31.7 Å². The second kappa shape index (κ2) is 29.4. The molecule has 9 aromatic heterocycles. The second-order valence-electron chi connectivity index (χ2n) is 36.3. The van der Waals surface area contributed by atoms with Crippen molar-refractivity contribution < 1.29 is 8.83 Å². The third kappa shape index (κ3) is 11.1. The Morgan fingerprint density at radius 3 is 1.26 bits per heavy atom. The molecule has 137 heavy (non-hydrogen) atoms. The van der Waals surface area contributed by atoms with E-state index >= 15 is 0 Å². The molecule has 0 amide bonds. The lowest BCUT2D eigenvalue weighted by Crippen LogP contribution is -1.95. The number of fused-ring (bicyclic) bond motifs is 40. The number of rotatable bonds is 6. The van der Waals surface area contributed by atoms with E-state index in [9.17, 15) is 0 Å². The molecular weight excluding hydrogens is 1700 g/mol. The Morgan fingerprint density at radius 1 is 0.175 bits per heavy atom. The van der Waals surface area contributed by atoms with Gasteiger partial charge in [0.15, 0.2) is 0 Å². The van der Waals surface area contributed by atoms with Crippen molar-refractivity contribution in [3.63, 3.8) is 0 Å². The zero-order valence-electron chi connectivity index (χ0n) is 73.7. The van der Waals surface area contributed by atoms with E-state index in [1.165, 1.54) is 221 Å². The largest absolute Gasteiger partial charge is 0.455 e. The standard InChI is InChI=1S/C46H28N2S.C42H23NOS.C40H24N2O/c1-2-14-30(15-3-1)47-40-22-9-6-18-33(40)38-27-43-39(26-42(38)47)34-19-7-10-23-41(34)48(43)31-16-12-13-29(25-31)37-28-45-46(35-20-5-4-17-32(35)37)36-21-8-11-24-44(36)49-45;1-3-12-26-24(10-1)21-23-35-36(26)32-17-9-19-34(42(32)45-35)43-33-18-8-7-16-30(33)37-38-31-22-20-25-11-2-4-13-27(25)40(31)44-41(38)29-15-6-5-14-28(29)39(37)43;1-2-11-26(12-3-1)41-33-16-8-6-14-30(33)38-35(41)21-22-36-39(38)31-15-7-9-17-34(31)42(36)27-19-23-37-32(24-27)29-20-18-25-10-4-5-13-28(25)40(29)43-37/h1-28H;1-23H;1-24H. The number of hydrogen-bond donors (Lipinski definition) is 0. The fourth-order valence-corrected chi connectivity index (χ4v) is 25.7. The molecule has 0 saturated carbocycles. The van der Waals surface area contributed by atoms with E-state index in [-0.39, 0.29) is 0 Å². The summed E-state index contributed by atoms with van der Waals surface area (Å²) in [7, 11) is 0. The number of hydrogen-bond acceptors (Lipinski definition) is 4. The molecular formula is C128H75N5O2S2. The third-order valence-corrected chi connectivity index (χ3v) is 31.4. The molecule has 0 unspecified atom stereocenters. The normalized spacial score (nSPS) is 12.2. The van der Waals surface area contributed by atoms with Crippen molar-refractivity contribution in [2.45, 2.75) is 0 Å². The Morgan fingerprint density at radius 2 is 0.613 bits per heavy atom. The van der Waals surface area contributed by atoms with Gasteiger partial charge in [0, 0.05) is 155 Å². The van der Waals surface area contributed by atoms with E-state index in [4.69, 9.17) is 8.83 Å². The molecule has 0 N–H and O–H groups in total. The highest BCUT2D eigenvalue weighted by molar-refractivity contribution is 7.26. The summed E-state index contributed by atoms with van der Waals surface area (Å²) in [5.74, 6) is 0. The van der Waals surface area contributed by atoms with Crippen LogP contribution in [0.25, 0.3) is 287 Å². The summed E-state index contributed by atoms with van der Waals surface area (Å²) in [6.07, 6.45) is 0. The molecule has 0 aliphatic rings. The Balaban J connectivity index is 0.0000000975. The maximum atomic E-state index is 6.89. The lowest BCUT2D eigenvalue weighted by atomic mass is 9.95. The third-order valence-electron chi connectivity index (χ3n) is 29.1. The van der Waals surface area contributed by atoms with Gasteiger partial charge in [-0.05, 0) is 189 Å². The second-order valence-corrected chi connectivity index (χ2v) is 38.4. The summed E-state index contributed by atoms with van der Waals surface area (Å²) in [6.45, 7) is 0. The van der Waals surface area contributed by atoms with Crippen molar-refractivity contribution in [1.29, 1.82) is 0 Å². The zero-order chi connectivity index (χ0) is 89.3. The van der Waals surface area contributed by atoms with Gasteiger partial charge in [-0.3, -0.25) is 0 Å². The van der Waals surface area contributed by atoms with Crippen molar-refractivity contribution >= 4 is 270 Å². The van der Waals surface area contributed by atoms with Gasteiger partial charge in [0.2, 0.25) is 0 Å². The number of nitrogens with zero attached hydrogens (tertiary/aromatic N) is 5. The molecule has 9 heterocycles. The molecule has 0 fully saturated rings. The smallest absolute Gasteiger partial charge is 0.144 e. The van der Waals surface area contributed by atoms with Crippen LogP contribution in [-0.2, 0) is 0 Å². The Bertz CT molecular complexity index is 10800. The summed E-state index contributed by atoms with van der Waals surface area (Å²) in [5.41, 5.74) is 24.2. The van der Waals surface area contributed by atoms with Crippen molar-refractivity contribution in [2.75, 3.05) is 0 Å². The molecule has 636 valence electrons. The molecule has 7 nitrogen and oxygen atoms in total. The molecule has 0 saturated heterocycles. The molecule has 23 aromatic carbocycles. The van der Waals surface area contributed by atoms with Gasteiger partial charge in [0.1, 0.15) is 22.3 Å². The average molecular weight is 1780 g/mol. The monoisotopic (exact) mass is 1780 g/mol. The summed E-state index contributed by atoms with van der Waals surface area (Å²) >= 11 is 3.78. The number of aromatic nitrogens is 5. The Labute approximate surface area is 790 Å². The number of benzene rings is 23. The Kier molecular flexibility index (Phi) is 16.3. The van der Waals surface area contributed by atoms with Crippen molar-refractivity contribution in [3.05, 3.63) is 455 Å². The van der Waals surface area contributed by atoms with E-state index in [0.717, 1.165) is 66.0 Å². The van der Waals surface area contributed by atoms with Crippen LogP contribution in [0.2, 0.25) is 0 Å². The van der Waals surface area contributed by atoms with Crippen LogP contribution in [0, 0.1) is 0 Å². The quantitative estimate of drug-likeness (QED) is 0.167. The van der Waals surface area contributed by atoms with Gasteiger partial charge in [0.25, 0.3) is 0 Å². The van der Waals surface area contributed by atoms with Crippen molar-refractivity contribution in [1.82, 2.24) is 22.8 Å². The van der Waals surface area contributed by atoms with Gasteiger partial charge in [-0.2, -0.15) is 0 Å². The van der Waals surface area contributed by atoms with Gasteiger partial charge in [0.05, 0.1) is 65.6 Å². The minimum Gasteiger partial charge on any atom is -0.455 e. The van der Waals surface area contributed by atoms with E-state index in [1.807, 2.05) is 22.7 Å². The van der Waals surface area contributed by atoms with Gasteiger partial charge in [-0.15, -0.1) is 22.7 Å². The highest BCUT2D eigenvalue weighted by Crippen LogP contribution is 2.53. The number of furan rings is 2. The predicted octanol–water partition coefficient (Wildman–Crippen LogP) is 36.5. The molecule has 0 radical (unpaired) electrons. The number of para-hydroxylation sites is 7. The maximum absolute atomic E-state index is 6.89. The zero-order valence-corrected chi connectivity index (χ0v) is 75.3. The number of thiophene rings is 2. The van der Waals surface area contributed by atoms with Gasteiger partial charge in [-0.25, -0.2) is 0 Å². The summed E-state index contributed by atoms with van der Waals surface area (Å²) < 4.78 is 30.8. The topological polar surface area (TPSA) is 50.9 Å². The fourth-order valence-electron chi connectivity index (χ4n) is 23.4.